The van der Waals surface area contributed by atoms with Crippen molar-refractivity contribution in [3.05, 3.63) is 65.7 Å². The van der Waals surface area contributed by atoms with Crippen molar-refractivity contribution >= 4 is 34.2 Å². The van der Waals surface area contributed by atoms with Crippen LogP contribution in [-0.4, -0.2) is 20.5 Å². The Labute approximate surface area is 145 Å². The summed E-state index contributed by atoms with van der Waals surface area (Å²) in [4.78, 5) is 16.8. The molecule has 3 heterocycles. The maximum absolute atomic E-state index is 13.1. The molecule has 0 fully saturated rings. The first kappa shape index (κ1) is 15.3. The third-order valence-corrected chi connectivity index (χ3v) is 4.21. The first-order valence-electron chi connectivity index (χ1n) is 7.32. The normalized spacial score (nSPS) is 11.4. The van der Waals surface area contributed by atoms with E-state index in [4.69, 9.17) is 4.42 Å². The van der Waals surface area contributed by atoms with Gasteiger partial charge in [-0.1, -0.05) is 0 Å². The van der Waals surface area contributed by atoms with E-state index in [-0.39, 0.29) is 17.7 Å². The van der Waals surface area contributed by atoms with Gasteiger partial charge < -0.3 is 4.42 Å². The van der Waals surface area contributed by atoms with Gasteiger partial charge >= 0.3 is 0 Å². The van der Waals surface area contributed by atoms with E-state index in [1.165, 1.54) is 35.8 Å². The first-order chi connectivity index (χ1) is 12.2. The number of hydrogen-bond donors (Lipinski definition) is 1. The van der Waals surface area contributed by atoms with Gasteiger partial charge in [-0.05, 0) is 42.5 Å². The van der Waals surface area contributed by atoms with Crippen LogP contribution in [0.1, 0.15) is 5.76 Å². The van der Waals surface area contributed by atoms with Crippen LogP contribution in [0.5, 0.6) is 0 Å². The minimum absolute atomic E-state index is 0.198. The number of benzene rings is 1. The van der Waals surface area contributed by atoms with Crippen LogP contribution in [0.25, 0.3) is 22.3 Å². The number of amides is 1. The van der Waals surface area contributed by atoms with E-state index in [9.17, 15) is 9.18 Å². The van der Waals surface area contributed by atoms with Gasteiger partial charge in [-0.15, -0.1) is 16.4 Å². The maximum atomic E-state index is 13.1. The van der Waals surface area contributed by atoms with Crippen LogP contribution < -0.4 is 5.32 Å². The summed E-state index contributed by atoms with van der Waals surface area (Å²) in [5, 5.41) is 8.77. The molecule has 4 aromatic rings. The summed E-state index contributed by atoms with van der Waals surface area (Å²) in [6, 6.07) is 9.59. The van der Waals surface area contributed by atoms with Crippen LogP contribution >= 0.6 is 11.3 Å². The summed E-state index contributed by atoms with van der Waals surface area (Å²) < 4.78 is 19.8. The predicted molar refractivity (Wildman–Crippen MR) is 92.6 cm³/mol. The number of hydrogen-bond acceptors (Lipinski definition) is 5. The third kappa shape index (κ3) is 3.20. The van der Waals surface area contributed by atoms with Crippen molar-refractivity contribution in [3.8, 4) is 11.3 Å². The lowest BCUT2D eigenvalue weighted by Crippen LogP contribution is -2.09. The molecule has 0 spiro atoms. The van der Waals surface area contributed by atoms with E-state index in [2.05, 4.69) is 15.4 Å². The van der Waals surface area contributed by atoms with Crippen molar-refractivity contribution in [1.29, 1.82) is 0 Å². The van der Waals surface area contributed by atoms with Gasteiger partial charge in [0.25, 0.3) is 11.9 Å². The summed E-state index contributed by atoms with van der Waals surface area (Å²) in [5.41, 5.74) is 1.59. The average Bonchev–Trinajstić information content (AvgIpc) is 3.31. The Morgan fingerprint density at radius 3 is 2.88 bits per heavy atom. The topological polar surface area (TPSA) is 72.4 Å². The molecule has 0 aliphatic heterocycles. The lowest BCUT2D eigenvalue weighted by atomic mass is 10.2. The zero-order valence-corrected chi connectivity index (χ0v) is 13.5. The summed E-state index contributed by atoms with van der Waals surface area (Å²) in [6.45, 7) is 0. The number of aromatic nitrogens is 3. The van der Waals surface area contributed by atoms with E-state index in [0.717, 1.165) is 11.3 Å². The lowest BCUT2D eigenvalue weighted by Gasteiger charge is -1.98. The molecule has 0 bridgehead atoms. The molecule has 0 radical (unpaired) electrons. The van der Waals surface area contributed by atoms with Gasteiger partial charge in [-0.3, -0.25) is 10.1 Å². The number of nitrogens with one attached hydrogen (secondary N) is 1. The standard InChI is InChI=1S/C17H11FN4O2S/c18-12-5-3-11(4-6-12)14-10-25-17-20-16(21-22(14)17)19-15(23)8-7-13-2-1-9-24-13/h1-10H,(H,19,21,23)/b8-7+. The molecule has 0 aliphatic carbocycles. The maximum Gasteiger partial charge on any atom is 0.250 e. The summed E-state index contributed by atoms with van der Waals surface area (Å²) in [6.07, 6.45) is 4.42. The molecule has 0 saturated heterocycles. The minimum Gasteiger partial charge on any atom is -0.465 e. The Bertz CT molecular complexity index is 1050. The average molecular weight is 354 g/mol. The Morgan fingerprint density at radius 2 is 2.12 bits per heavy atom. The number of halogens is 1. The van der Waals surface area contributed by atoms with Crippen molar-refractivity contribution in [2.75, 3.05) is 5.32 Å². The molecule has 25 heavy (non-hydrogen) atoms. The minimum atomic E-state index is -0.363. The molecule has 0 saturated carbocycles. The number of anilines is 1. The van der Waals surface area contributed by atoms with Crippen LogP contribution in [0.15, 0.2) is 58.5 Å². The Balaban J connectivity index is 1.55. The third-order valence-electron chi connectivity index (χ3n) is 3.40. The van der Waals surface area contributed by atoms with E-state index in [0.29, 0.717) is 10.7 Å². The molecule has 0 unspecified atom stereocenters. The smallest absolute Gasteiger partial charge is 0.250 e. The number of rotatable bonds is 4. The predicted octanol–water partition coefficient (Wildman–Crippen LogP) is 3.84. The van der Waals surface area contributed by atoms with E-state index in [1.54, 1.807) is 34.9 Å². The molecular formula is C17H11FN4O2S. The van der Waals surface area contributed by atoms with Gasteiger partial charge in [0.1, 0.15) is 11.6 Å². The summed E-state index contributed by atoms with van der Waals surface area (Å²) >= 11 is 1.38. The highest BCUT2D eigenvalue weighted by Crippen LogP contribution is 2.26. The number of thiazole rings is 1. The molecular weight excluding hydrogens is 343 g/mol. The van der Waals surface area contributed by atoms with Gasteiger partial charge in [0.15, 0.2) is 0 Å². The largest absolute Gasteiger partial charge is 0.465 e. The number of fused-ring (bicyclic) bond motifs is 1. The quantitative estimate of drug-likeness (QED) is 0.565. The fraction of sp³-hybridized carbons (Fsp3) is 0. The van der Waals surface area contributed by atoms with Gasteiger partial charge in [0.2, 0.25) is 4.96 Å². The van der Waals surface area contributed by atoms with Crippen LogP contribution in [0.4, 0.5) is 10.3 Å². The number of carbonyl (C=O) groups excluding carboxylic acids is 1. The first-order valence-corrected chi connectivity index (χ1v) is 8.20. The van der Waals surface area contributed by atoms with Gasteiger partial charge in [-0.2, -0.15) is 4.98 Å². The fourth-order valence-corrected chi connectivity index (χ4v) is 3.08. The van der Waals surface area contributed by atoms with Gasteiger partial charge in [0, 0.05) is 17.0 Å². The molecule has 4 rings (SSSR count). The van der Waals surface area contributed by atoms with E-state index >= 15 is 0 Å². The zero-order chi connectivity index (χ0) is 17.2. The molecule has 1 amide bonds. The highest BCUT2D eigenvalue weighted by atomic mass is 32.1. The Morgan fingerprint density at radius 1 is 1.28 bits per heavy atom. The number of furan rings is 1. The molecule has 1 N–H and O–H groups in total. The van der Waals surface area contributed by atoms with Crippen molar-refractivity contribution in [2.45, 2.75) is 0 Å². The molecule has 6 nitrogen and oxygen atoms in total. The molecule has 0 atom stereocenters. The van der Waals surface area contributed by atoms with Gasteiger partial charge in [-0.25, -0.2) is 8.91 Å². The molecule has 8 heteroatoms. The highest BCUT2D eigenvalue weighted by molar-refractivity contribution is 7.15. The van der Waals surface area contributed by atoms with Crippen LogP contribution in [0.3, 0.4) is 0 Å². The van der Waals surface area contributed by atoms with E-state index < -0.39 is 0 Å². The molecule has 3 aromatic heterocycles. The summed E-state index contributed by atoms with van der Waals surface area (Å²) in [5.74, 6) is 0.111. The second kappa shape index (κ2) is 6.33. The number of nitrogens with zero attached hydrogens (tertiary/aromatic N) is 3. The highest BCUT2D eigenvalue weighted by Gasteiger charge is 2.12. The second-order valence-electron chi connectivity index (χ2n) is 5.10. The second-order valence-corrected chi connectivity index (χ2v) is 5.93. The monoisotopic (exact) mass is 354 g/mol. The number of carbonyl (C=O) groups is 1. The van der Waals surface area contributed by atoms with Crippen LogP contribution in [0, 0.1) is 5.82 Å². The van der Waals surface area contributed by atoms with Crippen LogP contribution in [0.2, 0.25) is 0 Å². The fourth-order valence-electron chi connectivity index (χ4n) is 2.25. The lowest BCUT2D eigenvalue weighted by molar-refractivity contribution is -0.111. The van der Waals surface area contributed by atoms with Gasteiger partial charge in [0.05, 0.1) is 12.0 Å². The van der Waals surface area contributed by atoms with Crippen LogP contribution in [-0.2, 0) is 4.79 Å². The van der Waals surface area contributed by atoms with Crippen molar-refractivity contribution < 1.29 is 13.6 Å². The summed E-state index contributed by atoms with van der Waals surface area (Å²) in [7, 11) is 0. The zero-order valence-electron chi connectivity index (χ0n) is 12.7. The Kier molecular flexibility index (Phi) is 3.87. The molecule has 124 valence electrons. The molecule has 1 aromatic carbocycles. The Hall–Kier alpha value is -3.26. The molecule has 0 aliphatic rings. The van der Waals surface area contributed by atoms with Crippen molar-refractivity contribution in [2.24, 2.45) is 0 Å². The van der Waals surface area contributed by atoms with E-state index in [1.807, 2.05) is 5.38 Å². The van der Waals surface area contributed by atoms with Crippen molar-refractivity contribution in [3.63, 3.8) is 0 Å². The SMILES string of the molecule is O=C(/C=C/c1ccco1)Nc1nc2scc(-c3ccc(F)cc3)n2n1. The van der Waals surface area contributed by atoms with Crippen molar-refractivity contribution in [1.82, 2.24) is 14.6 Å².